The van der Waals surface area contributed by atoms with Gasteiger partial charge in [-0.25, -0.2) is 13.5 Å². The number of benzene rings is 1. The summed E-state index contributed by atoms with van der Waals surface area (Å²) in [5.74, 6) is -1.20. The Kier molecular flexibility index (Phi) is 3.38. The van der Waals surface area contributed by atoms with Crippen LogP contribution in [0.25, 0.3) is 0 Å². The quantitative estimate of drug-likeness (QED) is 0.823. The van der Waals surface area contributed by atoms with Crippen molar-refractivity contribution in [2.75, 3.05) is 11.1 Å². The Morgan fingerprint density at radius 3 is 2.61 bits per heavy atom. The zero-order valence-corrected chi connectivity index (χ0v) is 10.0. The molecule has 0 aliphatic carbocycles. The van der Waals surface area contributed by atoms with Gasteiger partial charge in [-0.3, -0.25) is 10.1 Å². The average Bonchev–Trinajstić information content (AvgIpc) is 2.82. The van der Waals surface area contributed by atoms with Crippen molar-refractivity contribution in [3.63, 3.8) is 0 Å². The van der Waals surface area contributed by atoms with Gasteiger partial charge in [-0.05, 0) is 12.1 Å². The molecule has 8 heteroatoms. The molecule has 0 spiro atoms. The van der Waals surface area contributed by atoms with E-state index in [4.69, 9.17) is 0 Å². The normalized spacial score (nSPS) is 11.1. The van der Waals surface area contributed by atoms with Gasteiger partial charge in [0.15, 0.2) is 9.84 Å². The van der Waals surface area contributed by atoms with Crippen molar-refractivity contribution in [2.24, 2.45) is 0 Å². The van der Waals surface area contributed by atoms with Crippen molar-refractivity contribution in [3.8, 4) is 0 Å². The Balaban J connectivity index is 2.07. The van der Waals surface area contributed by atoms with Gasteiger partial charge < -0.3 is 0 Å². The topological polar surface area (TPSA) is 105 Å². The van der Waals surface area contributed by atoms with Gasteiger partial charge in [0, 0.05) is 0 Å². The highest BCUT2D eigenvalue weighted by Crippen LogP contribution is 2.10. The smallest absolute Gasteiger partial charge is 0.242 e. The fraction of sp³-hybridized carbons (Fsp3) is 0.100. The number of hydrogen-bond acceptors (Lipinski definition) is 5. The minimum absolute atomic E-state index is 0.109. The zero-order chi connectivity index (χ0) is 13.0. The van der Waals surface area contributed by atoms with Gasteiger partial charge in [-0.2, -0.15) is 10.1 Å². The van der Waals surface area contributed by atoms with Crippen LogP contribution in [-0.2, 0) is 14.6 Å². The van der Waals surface area contributed by atoms with Crippen LogP contribution in [-0.4, -0.2) is 35.3 Å². The number of aromatic nitrogens is 3. The maximum absolute atomic E-state index is 11.9. The van der Waals surface area contributed by atoms with Crippen molar-refractivity contribution in [1.82, 2.24) is 15.2 Å². The number of nitrogens with zero attached hydrogens (tertiary/aromatic N) is 2. The first-order chi connectivity index (χ1) is 8.58. The van der Waals surface area contributed by atoms with Crippen LogP contribution in [0.2, 0.25) is 0 Å². The standard InChI is InChI=1S/C10H10N4O3S/c15-9(13-10-11-7-12-14-10)6-18(16,17)8-4-2-1-3-5-8/h1-5,7H,6H2,(H2,11,12,13,14,15). The second kappa shape index (κ2) is 4.96. The molecule has 7 nitrogen and oxygen atoms in total. The number of carbonyl (C=O) groups excluding carboxylic acids is 1. The first-order valence-electron chi connectivity index (χ1n) is 5.01. The molecule has 0 atom stereocenters. The minimum atomic E-state index is -3.64. The lowest BCUT2D eigenvalue weighted by atomic mass is 10.4. The number of anilines is 1. The lowest BCUT2D eigenvalue weighted by Gasteiger charge is -2.03. The molecule has 1 aromatic heterocycles. The van der Waals surface area contributed by atoms with Gasteiger partial charge in [-0.15, -0.1) is 0 Å². The minimum Gasteiger partial charge on any atom is -0.294 e. The van der Waals surface area contributed by atoms with Crippen molar-refractivity contribution in [1.29, 1.82) is 0 Å². The summed E-state index contributed by atoms with van der Waals surface area (Å²) < 4.78 is 23.7. The molecular weight excluding hydrogens is 256 g/mol. The largest absolute Gasteiger partial charge is 0.294 e. The highest BCUT2D eigenvalue weighted by atomic mass is 32.2. The molecule has 0 radical (unpaired) electrons. The second-order valence-corrected chi connectivity index (χ2v) is 5.44. The number of amides is 1. The fourth-order valence-corrected chi connectivity index (χ4v) is 2.47. The molecule has 94 valence electrons. The Morgan fingerprint density at radius 2 is 2.00 bits per heavy atom. The van der Waals surface area contributed by atoms with Crippen molar-refractivity contribution in [3.05, 3.63) is 36.7 Å². The van der Waals surface area contributed by atoms with E-state index in [1.54, 1.807) is 18.2 Å². The summed E-state index contributed by atoms with van der Waals surface area (Å²) in [5, 5.41) is 8.24. The predicted molar refractivity (Wildman–Crippen MR) is 63.5 cm³/mol. The first-order valence-corrected chi connectivity index (χ1v) is 6.66. The molecule has 2 rings (SSSR count). The highest BCUT2D eigenvalue weighted by Gasteiger charge is 2.19. The molecule has 0 saturated heterocycles. The lowest BCUT2D eigenvalue weighted by Crippen LogP contribution is -2.23. The number of H-pyrrole nitrogens is 1. The molecule has 0 saturated carbocycles. The number of sulfone groups is 1. The van der Waals surface area contributed by atoms with E-state index in [1.807, 2.05) is 0 Å². The van der Waals surface area contributed by atoms with Crippen LogP contribution in [0.4, 0.5) is 5.95 Å². The summed E-state index contributed by atoms with van der Waals surface area (Å²) in [6.07, 6.45) is 1.21. The van der Waals surface area contributed by atoms with E-state index in [0.717, 1.165) is 0 Å². The van der Waals surface area contributed by atoms with Crippen LogP contribution in [0.3, 0.4) is 0 Å². The van der Waals surface area contributed by atoms with E-state index in [0.29, 0.717) is 0 Å². The molecular formula is C10H10N4O3S. The maximum atomic E-state index is 11.9. The molecule has 0 aliphatic heterocycles. The molecule has 1 amide bonds. The van der Waals surface area contributed by atoms with Gasteiger partial charge in [0.2, 0.25) is 11.9 Å². The van der Waals surface area contributed by atoms with Crippen LogP contribution >= 0.6 is 0 Å². The fourth-order valence-electron chi connectivity index (χ4n) is 1.32. The SMILES string of the molecule is O=C(CS(=O)(=O)c1ccccc1)Nc1ncn[nH]1. The molecule has 0 bridgehead atoms. The molecule has 1 aromatic carbocycles. The molecule has 18 heavy (non-hydrogen) atoms. The predicted octanol–water partition coefficient (Wildman–Crippen LogP) is 0.217. The Hall–Kier alpha value is -2.22. The van der Waals surface area contributed by atoms with Crippen LogP contribution in [0.5, 0.6) is 0 Å². The summed E-state index contributed by atoms with van der Waals surface area (Å²) in [4.78, 5) is 15.3. The second-order valence-electron chi connectivity index (χ2n) is 3.45. The van der Waals surface area contributed by atoms with Gasteiger partial charge in [0.1, 0.15) is 12.1 Å². The maximum Gasteiger partial charge on any atom is 0.242 e. The number of aromatic amines is 1. The summed E-state index contributed by atoms with van der Waals surface area (Å²) in [5.41, 5.74) is 0. The van der Waals surface area contributed by atoms with E-state index in [2.05, 4.69) is 20.5 Å². The Labute approximate surface area is 103 Å². The van der Waals surface area contributed by atoms with E-state index in [1.165, 1.54) is 18.5 Å². The van der Waals surface area contributed by atoms with E-state index in [9.17, 15) is 13.2 Å². The summed E-state index contributed by atoms with van der Waals surface area (Å²) >= 11 is 0. The van der Waals surface area contributed by atoms with E-state index < -0.39 is 21.5 Å². The molecule has 2 N–H and O–H groups in total. The highest BCUT2D eigenvalue weighted by molar-refractivity contribution is 7.92. The first kappa shape index (κ1) is 12.2. The molecule has 2 aromatic rings. The number of carbonyl (C=O) groups is 1. The van der Waals surface area contributed by atoms with Crippen LogP contribution in [0.15, 0.2) is 41.6 Å². The van der Waals surface area contributed by atoms with Gasteiger partial charge in [-0.1, -0.05) is 18.2 Å². The third-order valence-corrected chi connectivity index (χ3v) is 3.73. The summed E-state index contributed by atoms with van der Waals surface area (Å²) in [6.45, 7) is 0. The Bertz CT molecular complexity index is 622. The molecule has 1 heterocycles. The van der Waals surface area contributed by atoms with Crippen molar-refractivity contribution >= 4 is 21.7 Å². The van der Waals surface area contributed by atoms with Gasteiger partial charge in [0.05, 0.1) is 4.90 Å². The summed E-state index contributed by atoms with van der Waals surface area (Å²) in [7, 11) is -3.64. The van der Waals surface area contributed by atoms with Gasteiger partial charge in [0.25, 0.3) is 0 Å². The number of hydrogen-bond donors (Lipinski definition) is 2. The van der Waals surface area contributed by atoms with E-state index >= 15 is 0 Å². The lowest BCUT2D eigenvalue weighted by molar-refractivity contribution is -0.113. The van der Waals surface area contributed by atoms with Crippen LogP contribution < -0.4 is 5.32 Å². The third-order valence-electron chi connectivity index (χ3n) is 2.10. The monoisotopic (exact) mass is 266 g/mol. The van der Waals surface area contributed by atoms with Crippen molar-refractivity contribution < 1.29 is 13.2 Å². The molecule has 0 aliphatic rings. The van der Waals surface area contributed by atoms with Crippen LogP contribution in [0, 0.1) is 0 Å². The number of nitrogens with one attached hydrogen (secondary N) is 2. The van der Waals surface area contributed by atoms with Crippen molar-refractivity contribution in [2.45, 2.75) is 4.90 Å². The molecule has 0 unspecified atom stereocenters. The Morgan fingerprint density at radius 1 is 1.28 bits per heavy atom. The van der Waals surface area contributed by atoms with Crippen LogP contribution in [0.1, 0.15) is 0 Å². The zero-order valence-electron chi connectivity index (χ0n) is 9.20. The van der Waals surface area contributed by atoms with E-state index in [-0.39, 0.29) is 10.8 Å². The van der Waals surface area contributed by atoms with Gasteiger partial charge >= 0.3 is 0 Å². The summed E-state index contributed by atoms with van der Waals surface area (Å²) in [6, 6.07) is 7.78. The average molecular weight is 266 g/mol. The number of rotatable bonds is 4. The molecule has 0 fully saturated rings. The third kappa shape index (κ3) is 2.92.